The van der Waals surface area contributed by atoms with Gasteiger partial charge in [-0.05, 0) is 49.3 Å². The zero-order valence-electron chi connectivity index (χ0n) is 11.4. The molecule has 1 nitrogen and oxygen atoms in total. The van der Waals surface area contributed by atoms with Crippen molar-refractivity contribution in [2.45, 2.75) is 50.7 Å². The number of benzene rings is 1. The highest BCUT2D eigenvalue weighted by molar-refractivity contribution is 5.31. The summed E-state index contributed by atoms with van der Waals surface area (Å²) < 4.78 is 51.3. The molecule has 0 heterocycles. The average molecular weight is 289 g/mol. The van der Waals surface area contributed by atoms with Crippen LogP contribution in [0.4, 0.5) is 17.6 Å². The Kier molecular flexibility index (Phi) is 4.09. The fraction of sp³-hybridized carbons (Fsp3) is 0.600. The lowest BCUT2D eigenvalue weighted by Gasteiger charge is -2.37. The Hall–Kier alpha value is -1.10. The predicted octanol–water partition coefficient (Wildman–Crippen LogP) is 4.60. The van der Waals surface area contributed by atoms with Crippen molar-refractivity contribution in [1.82, 2.24) is 0 Å². The second-order valence-electron chi connectivity index (χ2n) is 5.70. The first-order valence-electron chi connectivity index (χ1n) is 6.92. The third-order valence-electron chi connectivity index (χ3n) is 4.42. The molecule has 0 radical (unpaired) electrons. The topological polar surface area (TPSA) is 26.0 Å². The van der Waals surface area contributed by atoms with E-state index in [1.165, 1.54) is 6.07 Å². The molecule has 0 aromatic heterocycles. The lowest BCUT2D eigenvalue weighted by Crippen LogP contribution is -2.40. The molecule has 0 spiro atoms. The number of hydrogen-bond acceptors (Lipinski definition) is 1. The van der Waals surface area contributed by atoms with Gasteiger partial charge in [-0.3, -0.25) is 0 Å². The second kappa shape index (κ2) is 5.35. The Morgan fingerprint density at radius 2 is 1.85 bits per heavy atom. The number of hydrogen-bond donors (Lipinski definition) is 1. The quantitative estimate of drug-likeness (QED) is 0.791. The van der Waals surface area contributed by atoms with Gasteiger partial charge in [0.25, 0.3) is 0 Å². The summed E-state index contributed by atoms with van der Waals surface area (Å²) in [4.78, 5) is 0. The van der Waals surface area contributed by atoms with Crippen LogP contribution in [0.15, 0.2) is 18.2 Å². The molecule has 0 unspecified atom stereocenters. The molecule has 2 rings (SSSR count). The van der Waals surface area contributed by atoms with Crippen LogP contribution < -0.4 is 5.73 Å². The lowest BCUT2D eigenvalue weighted by molar-refractivity contribution is -0.140. The normalized spacial score (nSPS) is 27.6. The Balaban J connectivity index is 2.24. The first kappa shape index (κ1) is 15.3. The third kappa shape index (κ3) is 2.97. The van der Waals surface area contributed by atoms with Gasteiger partial charge in [0.2, 0.25) is 0 Å². The van der Waals surface area contributed by atoms with Crippen molar-refractivity contribution < 1.29 is 17.6 Å². The highest BCUT2D eigenvalue weighted by atomic mass is 19.4. The van der Waals surface area contributed by atoms with Crippen molar-refractivity contribution >= 4 is 0 Å². The van der Waals surface area contributed by atoms with E-state index < -0.39 is 23.1 Å². The standard InChI is InChI=1S/C15H19F4N/c1-2-10-5-7-14(20,8-6-10)11-3-4-12(13(16)9-11)15(17,18)19/h3-4,9-10H,2,5-8,20H2,1H3. The van der Waals surface area contributed by atoms with Crippen molar-refractivity contribution in [1.29, 1.82) is 0 Å². The van der Waals surface area contributed by atoms with Gasteiger partial charge in [-0.25, -0.2) is 4.39 Å². The zero-order valence-corrected chi connectivity index (χ0v) is 11.4. The lowest BCUT2D eigenvalue weighted by atomic mass is 9.72. The van der Waals surface area contributed by atoms with Gasteiger partial charge in [-0.1, -0.05) is 19.4 Å². The zero-order chi connectivity index (χ0) is 15.0. The van der Waals surface area contributed by atoms with Crippen LogP contribution in [0.1, 0.15) is 50.2 Å². The number of alkyl halides is 3. The average Bonchev–Trinajstić information content (AvgIpc) is 2.38. The van der Waals surface area contributed by atoms with E-state index >= 15 is 0 Å². The van der Waals surface area contributed by atoms with Crippen molar-refractivity contribution in [3.05, 3.63) is 35.1 Å². The highest BCUT2D eigenvalue weighted by Gasteiger charge is 2.37. The fourth-order valence-electron chi connectivity index (χ4n) is 2.94. The summed E-state index contributed by atoms with van der Waals surface area (Å²) in [6.45, 7) is 2.12. The van der Waals surface area contributed by atoms with Crippen LogP contribution in [0.2, 0.25) is 0 Å². The third-order valence-corrected chi connectivity index (χ3v) is 4.42. The maximum Gasteiger partial charge on any atom is 0.419 e. The molecular weight excluding hydrogens is 270 g/mol. The van der Waals surface area contributed by atoms with Gasteiger partial charge in [0.15, 0.2) is 0 Å². The summed E-state index contributed by atoms with van der Waals surface area (Å²) in [6.07, 6.45) is -0.320. The fourth-order valence-corrected chi connectivity index (χ4v) is 2.94. The van der Waals surface area contributed by atoms with Gasteiger partial charge in [0, 0.05) is 5.54 Å². The van der Waals surface area contributed by atoms with E-state index in [-0.39, 0.29) is 0 Å². The summed E-state index contributed by atoms with van der Waals surface area (Å²) >= 11 is 0. The molecule has 1 aliphatic rings. The smallest absolute Gasteiger partial charge is 0.321 e. The maximum absolute atomic E-state index is 13.6. The van der Waals surface area contributed by atoms with E-state index in [1.807, 2.05) is 0 Å². The van der Waals surface area contributed by atoms with Crippen molar-refractivity contribution in [2.24, 2.45) is 11.7 Å². The summed E-state index contributed by atoms with van der Waals surface area (Å²) in [6, 6.07) is 3.07. The molecule has 0 aliphatic heterocycles. The SMILES string of the molecule is CCC1CCC(N)(c2ccc(C(F)(F)F)c(F)c2)CC1. The van der Waals surface area contributed by atoms with E-state index in [9.17, 15) is 17.6 Å². The minimum Gasteiger partial charge on any atom is -0.321 e. The van der Waals surface area contributed by atoms with Gasteiger partial charge in [0.05, 0.1) is 5.56 Å². The molecule has 0 atom stereocenters. The first-order chi connectivity index (χ1) is 9.26. The summed E-state index contributed by atoms with van der Waals surface area (Å²) in [5.74, 6) is -0.622. The number of rotatable bonds is 2. The molecule has 1 fully saturated rings. The summed E-state index contributed by atoms with van der Waals surface area (Å²) in [5.41, 5.74) is 4.82. The van der Waals surface area contributed by atoms with E-state index in [0.717, 1.165) is 31.4 Å². The monoisotopic (exact) mass is 289 g/mol. The molecule has 1 saturated carbocycles. The predicted molar refractivity (Wildman–Crippen MR) is 69.5 cm³/mol. The van der Waals surface area contributed by atoms with Crippen LogP contribution >= 0.6 is 0 Å². The van der Waals surface area contributed by atoms with E-state index in [4.69, 9.17) is 5.73 Å². The molecule has 1 aliphatic carbocycles. The Morgan fingerprint density at radius 3 is 2.30 bits per heavy atom. The largest absolute Gasteiger partial charge is 0.419 e. The van der Waals surface area contributed by atoms with Gasteiger partial charge < -0.3 is 5.73 Å². The molecule has 2 N–H and O–H groups in total. The number of nitrogens with two attached hydrogens (primary N) is 1. The van der Waals surface area contributed by atoms with E-state index in [1.54, 1.807) is 0 Å². The maximum atomic E-state index is 13.6. The molecule has 0 amide bonds. The molecule has 112 valence electrons. The minimum absolute atomic E-state index is 0.470. The molecule has 0 saturated heterocycles. The van der Waals surface area contributed by atoms with Gasteiger partial charge >= 0.3 is 6.18 Å². The van der Waals surface area contributed by atoms with Gasteiger partial charge in [0.1, 0.15) is 5.82 Å². The Morgan fingerprint density at radius 1 is 1.25 bits per heavy atom. The van der Waals surface area contributed by atoms with E-state index in [0.29, 0.717) is 24.3 Å². The van der Waals surface area contributed by atoms with Gasteiger partial charge in [-0.15, -0.1) is 0 Å². The minimum atomic E-state index is -4.66. The van der Waals surface area contributed by atoms with E-state index in [2.05, 4.69) is 6.92 Å². The van der Waals surface area contributed by atoms with Crippen molar-refractivity contribution in [3.8, 4) is 0 Å². The van der Waals surface area contributed by atoms with Crippen LogP contribution in [0.5, 0.6) is 0 Å². The Labute approximate surface area is 116 Å². The van der Waals surface area contributed by atoms with Gasteiger partial charge in [-0.2, -0.15) is 13.2 Å². The van der Waals surface area contributed by atoms with Crippen LogP contribution in [-0.4, -0.2) is 0 Å². The van der Waals surface area contributed by atoms with Crippen LogP contribution in [0.25, 0.3) is 0 Å². The molecule has 0 bridgehead atoms. The van der Waals surface area contributed by atoms with Crippen molar-refractivity contribution in [3.63, 3.8) is 0 Å². The first-order valence-corrected chi connectivity index (χ1v) is 6.92. The molecular formula is C15H19F4N. The van der Waals surface area contributed by atoms with Crippen LogP contribution in [0.3, 0.4) is 0 Å². The Bertz CT molecular complexity index is 473. The molecule has 1 aromatic carbocycles. The summed E-state index contributed by atoms with van der Waals surface area (Å²) in [7, 11) is 0. The highest BCUT2D eigenvalue weighted by Crippen LogP contribution is 2.40. The van der Waals surface area contributed by atoms with Crippen LogP contribution in [0, 0.1) is 11.7 Å². The van der Waals surface area contributed by atoms with Crippen LogP contribution in [-0.2, 0) is 11.7 Å². The molecule has 5 heteroatoms. The molecule has 1 aromatic rings. The second-order valence-corrected chi connectivity index (χ2v) is 5.70. The number of halogens is 4. The molecule has 20 heavy (non-hydrogen) atoms. The summed E-state index contributed by atoms with van der Waals surface area (Å²) in [5, 5.41) is 0. The van der Waals surface area contributed by atoms with Crippen molar-refractivity contribution in [2.75, 3.05) is 0 Å².